The number of hydrogen-bond acceptors (Lipinski definition) is 5. The third-order valence-electron chi connectivity index (χ3n) is 3.57. The monoisotopic (exact) mass is 347 g/mol. The van der Waals surface area contributed by atoms with E-state index in [4.69, 9.17) is 0 Å². The molecule has 2 rings (SSSR count). The fraction of sp³-hybridized carbons (Fsp3) is 0.353. The summed E-state index contributed by atoms with van der Waals surface area (Å²) in [6.07, 6.45) is 2.16. The van der Waals surface area contributed by atoms with Crippen LogP contribution in [0.15, 0.2) is 52.1 Å². The molecule has 0 fully saturated rings. The molecule has 6 nitrogen and oxygen atoms in total. The second-order valence-electron chi connectivity index (χ2n) is 5.31. The van der Waals surface area contributed by atoms with Crippen LogP contribution in [0.25, 0.3) is 0 Å². The Hall–Kier alpha value is -2.28. The van der Waals surface area contributed by atoms with Gasteiger partial charge >= 0.3 is 0 Å². The van der Waals surface area contributed by atoms with Crippen molar-refractivity contribution in [2.24, 2.45) is 0 Å². The van der Waals surface area contributed by atoms with Crippen molar-refractivity contribution in [3.8, 4) is 0 Å². The van der Waals surface area contributed by atoms with E-state index in [1.807, 2.05) is 44.2 Å². The number of aromatic nitrogens is 1. The molecule has 0 saturated heterocycles. The maximum atomic E-state index is 12.5. The van der Waals surface area contributed by atoms with Gasteiger partial charge in [-0.2, -0.15) is 0 Å². The molecule has 2 amide bonds. The average Bonchev–Trinajstić information content (AvgIpc) is 3.10. The van der Waals surface area contributed by atoms with E-state index in [0.717, 1.165) is 11.3 Å². The molecule has 1 atom stereocenters. The zero-order valence-corrected chi connectivity index (χ0v) is 14.6. The van der Waals surface area contributed by atoms with Gasteiger partial charge in [0.15, 0.2) is 5.82 Å². The highest BCUT2D eigenvalue weighted by atomic mass is 32.2. The third kappa shape index (κ3) is 5.42. The smallest absolute Gasteiger partial charge is 0.245 e. The summed E-state index contributed by atoms with van der Waals surface area (Å²) < 4.78 is 4.68. The van der Waals surface area contributed by atoms with Gasteiger partial charge in [-0.1, -0.05) is 30.3 Å². The Kier molecular flexibility index (Phi) is 6.87. The van der Waals surface area contributed by atoms with Crippen molar-refractivity contribution in [3.05, 3.63) is 42.7 Å². The van der Waals surface area contributed by atoms with E-state index in [1.165, 1.54) is 18.0 Å². The minimum absolute atomic E-state index is 0.00392. The molecule has 1 aromatic carbocycles. The standard InChI is InChI=1S/C17H21N3O3S/c1-3-13(2)20(11-16(21)18-15-9-10-23-19-15)17(22)12-24-14-7-5-4-6-8-14/h4-10,13H,3,11-12H2,1-2H3,(H,18,19,21). The van der Waals surface area contributed by atoms with Crippen LogP contribution in [0.2, 0.25) is 0 Å². The highest BCUT2D eigenvalue weighted by molar-refractivity contribution is 8.00. The highest BCUT2D eigenvalue weighted by Crippen LogP contribution is 2.18. The number of nitrogens with zero attached hydrogens (tertiary/aromatic N) is 2. The fourth-order valence-electron chi connectivity index (χ4n) is 2.07. The van der Waals surface area contributed by atoms with Crippen LogP contribution in [0.1, 0.15) is 20.3 Å². The van der Waals surface area contributed by atoms with E-state index >= 15 is 0 Å². The molecule has 1 unspecified atom stereocenters. The quantitative estimate of drug-likeness (QED) is 0.743. The van der Waals surface area contributed by atoms with Crippen molar-refractivity contribution in [2.75, 3.05) is 17.6 Å². The third-order valence-corrected chi connectivity index (χ3v) is 4.56. The van der Waals surface area contributed by atoms with E-state index in [-0.39, 0.29) is 24.4 Å². The molecule has 2 aromatic rings. The summed E-state index contributed by atoms with van der Waals surface area (Å²) in [7, 11) is 0. The molecule has 24 heavy (non-hydrogen) atoms. The van der Waals surface area contributed by atoms with Gasteiger partial charge in [-0.3, -0.25) is 9.59 Å². The molecule has 0 aliphatic carbocycles. The first kappa shape index (κ1) is 18.1. The Morgan fingerprint density at radius 3 is 2.67 bits per heavy atom. The highest BCUT2D eigenvalue weighted by Gasteiger charge is 2.22. The molecule has 128 valence electrons. The van der Waals surface area contributed by atoms with Crippen molar-refractivity contribution in [1.82, 2.24) is 10.1 Å². The van der Waals surface area contributed by atoms with Crippen LogP contribution in [0.5, 0.6) is 0 Å². The second kappa shape index (κ2) is 9.12. The Balaban J connectivity index is 1.93. The number of anilines is 1. The molecule has 1 N–H and O–H groups in total. The van der Waals surface area contributed by atoms with Crippen LogP contribution in [0, 0.1) is 0 Å². The number of amides is 2. The number of nitrogens with one attached hydrogen (secondary N) is 1. The maximum Gasteiger partial charge on any atom is 0.245 e. The summed E-state index contributed by atoms with van der Waals surface area (Å²) in [6, 6.07) is 11.3. The SMILES string of the molecule is CCC(C)N(CC(=O)Nc1ccon1)C(=O)CSc1ccccc1. The summed E-state index contributed by atoms with van der Waals surface area (Å²) >= 11 is 1.47. The minimum atomic E-state index is -0.290. The number of hydrogen-bond donors (Lipinski definition) is 1. The number of carbonyl (C=O) groups excluding carboxylic acids is 2. The molecule has 1 heterocycles. The molecule has 0 bridgehead atoms. The van der Waals surface area contributed by atoms with Crippen molar-refractivity contribution in [1.29, 1.82) is 0 Å². The van der Waals surface area contributed by atoms with Gasteiger partial charge in [0.25, 0.3) is 0 Å². The van der Waals surface area contributed by atoms with Crippen molar-refractivity contribution in [3.63, 3.8) is 0 Å². The lowest BCUT2D eigenvalue weighted by molar-refractivity contribution is -0.134. The van der Waals surface area contributed by atoms with Crippen LogP contribution in [-0.4, -0.2) is 40.2 Å². The topological polar surface area (TPSA) is 75.4 Å². The van der Waals surface area contributed by atoms with E-state index in [1.54, 1.807) is 11.0 Å². The zero-order valence-electron chi connectivity index (χ0n) is 13.8. The van der Waals surface area contributed by atoms with Gasteiger partial charge in [-0.25, -0.2) is 0 Å². The molecule has 0 aliphatic heterocycles. The Bertz CT molecular complexity index is 646. The lowest BCUT2D eigenvalue weighted by Crippen LogP contribution is -2.44. The van der Waals surface area contributed by atoms with Crippen molar-refractivity contribution >= 4 is 29.4 Å². The number of thioether (sulfide) groups is 1. The molecule has 1 aromatic heterocycles. The van der Waals surface area contributed by atoms with Crippen LogP contribution < -0.4 is 5.32 Å². The Labute approximate surface area is 145 Å². The van der Waals surface area contributed by atoms with Gasteiger partial charge in [-0.15, -0.1) is 11.8 Å². The second-order valence-corrected chi connectivity index (χ2v) is 6.36. The molecule has 0 saturated carbocycles. The first-order chi connectivity index (χ1) is 11.6. The van der Waals surface area contributed by atoms with Crippen molar-refractivity contribution in [2.45, 2.75) is 31.2 Å². The number of carbonyl (C=O) groups is 2. The fourth-order valence-corrected chi connectivity index (χ4v) is 2.87. The molecule has 0 spiro atoms. The van der Waals surface area contributed by atoms with Gasteiger partial charge in [0.2, 0.25) is 11.8 Å². The van der Waals surface area contributed by atoms with Crippen molar-refractivity contribution < 1.29 is 14.1 Å². The average molecular weight is 347 g/mol. The van der Waals surface area contributed by atoms with E-state index in [2.05, 4.69) is 15.0 Å². The van der Waals surface area contributed by atoms with Gasteiger partial charge in [0.05, 0.1) is 5.75 Å². The molecule has 7 heteroatoms. The largest absolute Gasteiger partial charge is 0.363 e. The molecule has 0 radical (unpaired) electrons. The summed E-state index contributed by atoms with van der Waals surface area (Å²) in [6.45, 7) is 3.93. The zero-order chi connectivity index (χ0) is 17.4. The van der Waals surface area contributed by atoms with Gasteiger partial charge in [-0.05, 0) is 25.5 Å². The predicted molar refractivity (Wildman–Crippen MR) is 93.8 cm³/mol. The lowest BCUT2D eigenvalue weighted by Gasteiger charge is -2.27. The van der Waals surface area contributed by atoms with E-state index in [0.29, 0.717) is 11.6 Å². The predicted octanol–water partition coefficient (Wildman–Crippen LogP) is 3.03. The Morgan fingerprint density at radius 1 is 1.29 bits per heavy atom. The molecular formula is C17H21N3O3S. The maximum absolute atomic E-state index is 12.5. The van der Waals surface area contributed by atoms with Crippen LogP contribution >= 0.6 is 11.8 Å². The van der Waals surface area contributed by atoms with Crippen LogP contribution in [0.3, 0.4) is 0 Å². The lowest BCUT2D eigenvalue weighted by atomic mass is 10.2. The summed E-state index contributed by atoms with van der Waals surface area (Å²) in [5.74, 6) is 0.289. The number of benzene rings is 1. The Morgan fingerprint density at radius 2 is 2.04 bits per heavy atom. The van der Waals surface area contributed by atoms with Crippen LogP contribution in [-0.2, 0) is 9.59 Å². The molecule has 0 aliphatic rings. The summed E-state index contributed by atoms with van der Waals surface area (Å²) in [5, 5.41) is 6.25. The van der Waals surface area contributed by atoms with E-state index < -0.39 is 0 Å². The normalized spacial score (nSPS) is 11.8. The number of rotatable bonds is 8. The van der Waals surface area contributed by atoms with E-state index in [9.17, 15) is 9.59 Å². The van der Waals surface area contributed by atoms with Crippen LogP contribution in [0.4, 0.5) is 5.82 Å². The van der Waals surface area contributed by atoms with Gasteiger partial charge in [0, 0.05) is 17.0 Å². The summed E-state index contributed by atoms with van der Waals surface area (Å²) in [4.78, 5) is 27.3. The van der Waals surface area contributed by atoms with Gasteiger partial charge < -0.3 is 14.7 Å². The molecular weight excluding hydrogens is 326 g/mol. The van der Waals surface area contributed by atoms with Gasteiger partial charge in [0.1, 0.15) is 12.8 Å². The summed E-state index contributed by atoms with van der Waals surface area (Å²) in [5.41, 5.74) is 0. The first-order valence-corrected chi connectivity index (χ1v) is 8.76. The minimum Gasteiger partial charge on any atom is -0.363 e. The first-order valence-electron chi connectivity index (χ1n) is 7.77.